The maximum absolute atomic E-state index is 12.9. The number of likely N-dealkylation sites (N-methyl/N-ethyl adjacent to an activating group) is 1. The molecular weight excluding hydrogens is 732 g/mol. The Balaban J connectivity index is 4.07. The zero-order chi connectivity index (χ0) is 42.1. The minimum absolute atomic E-state index is 0.0737. The summed E-state index contributed by atoms with van der Waals surface area (Å²) in [4.78, 5) is 23.1. The number of aliphatic hydroxyl groups is 1. The predicted octanol–water partition coefficient (Wildman–Crippen LogP) is 13.5. The first kappa shape index (κ1) is 55.7. The first-order chi connectivity index (χ1) is 27.5. The van der Waals surface area contributed by atoms with Crippen molar-refractivity contribution in [3.05, 3.63) is 36.5 Å². The van der Waals surface area contributed by atoms with E-state index in [0.29, 0.717) is 23.9 Å². The molecule has 9 heteroatoms. The fraction of sp³-hybridized carbons (Fsp3) is 0.854. The highest BCUT2D eigenvalue weighted by Gasteiger charge is 2.28. The number of hydrogen-bond donors (Lipinski definition) is 3. The quantitative estimate of drug-likeness (QED) is 0.0245. The van der Waals surface area contributed by atoms with Crippen molar-refractivity contribution in [2.24, 2.45) is 0 Å². The van der Waals surface area contributed by atoms with E-state index in [1.54, 1.807) is 0 Å². The third-order valence-electron chi connectivity index (χ3n) is 10.6. The van der Waals surface area contributed by atoms with Gasteiger partial charge in [0.2, 0.25) is 5.91 Å². The Morgan fingerprint density at radius 2 is 1.00 bits per heavy atom. The summed E-state index contributed by atoms with van der Waals surface area (Å²) in [6.45, 7) is 4.84. The van der Waals surface area contributed by atoms with E-state index >= 15 is 0 Å². The number of nitrogens with one attached hydrogen (secondary N) is 1. The van der Waals surface area contributed by atoms with Gasteiger partial charge in [0.25, 0.3) is 0 Å². The van der Waals surface area contributed by atoms with E-state index < -0.39 is 20.0 Å². The van der Waals surface area contributed by atoms with Gasteiger partial charge in [0.15, 0.2) is 0 Å². The molecule has 3 unspecified atom stereocenters. The number of hydrogen-bond acceptors (Lipinski definition) is 5. The van der Waals surface area contributed by atoms with Gasteiger partial charge in [0.1, 0.15) is 13.2 Å². The van der Waals surface area contributed by atoms with E-state index in [0.717, 1.165) is 51.4 Å². The van der Waals surface area contributed by atoms with E-state index in [2.05, 4.69) is 55.6 Å². The van der Waals surface area contributed by atoms with Crippen molar-refractivity contribution >= 4 is 13.7 Å². The summed E-state index contributed by atoms with van der Waals surface area (Å²) >= 11 is 0. The van der Waals surface area contributed by atoms with Crippen LogP contribution in [0.25, 0.3) is 0 Å². The minimum atomic E-state index is -4.31. The number of rotatable bonds is 43. The second-order valence-electron chi connectivity index (χ2n) is 17.5. The fourth-order valence-electron chi connectivity index (χ4n) is 6.82. The number of nitrogens with zero attached hydrogens (tertiary/aromatic N) is 1. The third kappa shape index (κ3) is 42.6. The summed E-state index contributed by atoms with van der Waals surface area (Å²) in [6, 6.07) is -0.758. The van der Waals surface area contributed by atoms with E-state index in [-0.39, 0.29) is 19.1 Å². The molecule has 0 spiro atoms. The number of carbonyl (C=O) groups is 1. The zero-order valence-electron chi connectivity index (χ0n) is 38.1. The highest BCUT2D eigenvalue weighted by Crippen LogP contribution is 2.43. The molecule has 1 amide bonds. The molecule has 0 aliphatic heterocycles. The topological polar surface area (TPSA) is 105 Å². The van der Waals surface area contributed by atoms with Crippen LogP contribution in [0.5, 0.6) is 0 Å². The molecule has 0 saturated heterocycles. The van der Waals surface area contributed by atoms with Crippen molar-refractivity contribution in [1.29, 1.82) is 0 Å². The first-order valence-corrected chi connectivity index (χ1v) is 25.3. The van der Waals surface area contributed by atoms with E-state index in [1.165, 1.54) is 135 Å². The molecular formula is C48H94N2O6P+. The summed E-state index contributed by atoms with van der Waals surface area (Å²) in [5.41, 5.74) is 0. The first-order valence-electron chi connectivity index (χ1n) is 23.9. The Labute approximate surface area is 353 Å². The second kappa shape index (κ2) is 40.1. The lowest BCUT2D eigenvalue weighted by atomic mass is 10.0. The molecule has 3 N–H and O–H groups in total. The molecule has 57 heavy (non-hydrogen) atoms. The van der Waals surface area contributed by atoms with Crippen LogP contribution in [0.15, 0.2) is 36.5 Å². The SMILES string of the molecule is CCCCCCC/C=C\C/C=C\C/C=C\CCCCCCCCCCCCCCC(=O)NC(COP(=O)(O)OCC[N+](C)(C)C)C(O)CCCCCCCCCC. The average molecular weight is 826 g/mol. The number of phosphoric acid groups is 1. The molecule has 8 nitrogen and oxygen atoms in total. The number of aliphatic hydroxyl groups excluding tert-OH is 1. The number of carbonyl (C=O) groups excluding carboxylic acids is 1. The van der Waals surface area contributed by atoms with Gasteiger partial charge in [-0.3, -0.25) is 13.8 Å². The molecule has 0 aromatic carbocycles. The molecule has 0 rings (SSSR count). The van der Waals surface area contributed by atoms with Gasteiger partial charge < -0.3 is 19.8 Å². The lowest BCUT2D eigenvalue weighted by Gasteiger charge is -2.26. The maximum Gasteiger partial charge on any atom is 0.472 e. The van der Waals surface area contributed by atoms with Crippen LogP contribution in [0.1, 0.15) is 213 Å². The zero-order valence-corrected chi connectivity index (χ0v) is 39.0. The molecule has 0 aromatic heterocycles. The molecule has 336 valence electrons. The normalized spacial score (nSPS) is 14.6. The Morgan fingerprint density at radius 1 is 0.596 bits per heavy atom. The summed E-state index contributed by atoms with van der Waals surface area (Å²) in [6.07, 6.45) is 49.1. The summed E-state index contributed by atoms with van der Waals surface area (Å²) in [7, 11) is 1.61. The molecule has 0 bridgehead atoms. The van der Waals surface area contributed by atoms with Crippen LogP contribution in [-0.4, -0.2) is 73.4 Å². The Morgan fingerprint density at radius 3 is 1.46 bits per heavy atom. The van der Waals surface area contributed by atoms with Gasteiger partial charge in [-0.1, -0.05) is 192 Å². The minimum Gasteiger partial charge on any atom is -0.391 e. The van der Waals surface area contributed by atoms with Gasteiger partial charge in [-0.2, -0.15) is 0 Å². The lowest BCUT2D eigenvalue weighted by Crippen LogP contribution is -2.46. The number of phosphoric ester groups is 1. The van der Waals surface area contributed by atoms with Crippen molar-refractivity contribution < 1.29 is 32.9 Å². The van der Waals surface area contributed by atoms with Crippen molar-refractivity contribution in [1.82, 2.24) is 5.32 Å². The Hall–Kier alpha value is -1.28. The molecule has 0 aliphatic carbocycles. The third-order valence-corrected chi connectivity index (χ3v) is 11.6. The molecule has 0 saturated carbocycles. The molecule has 0 heterocycles. The van der Waals surface area contributed by atoms with Gasteiger partial charge in [-0.25, -0.2) is 4.57 Å². The summed E-state index contributed by atoms with van der Waals surface area (Å²) in [5, 5.41) is 13.9. The Bertz CT molecular complexity index is 1030. The number of amides is 1. The van der Waals surface area contributed by atoms with E-state index in [9.17, 15) is 19.4 Å². The van der Waals surface area contributed by atoms with Gasteiger partial charge in [0.05, 0.1) is 39.9 Å². The van der Waals surface area contributed by atoms with Crippen molar-refractivity contribution in [3.63, 3.8) is 0 Å². The van der Waals surface area contributed by atoms with Crippen molar-refractivity contribution in [2.45, 2.75) is 225 Å². The van der Waals surface area contributed by atoms with Crippen LogP contribution in [-0.2, 0) is 18.4 Å². The monoisotopic (exact) mass is 826 g/mol. The van der Waals surface area contributed by atoms with Gasteiger partial charge in [-0.05, 0) is 51.4 Å². The standard InChI is InChI=1S/C48H93N2O6P/c1-6-8-10-12-14-16-17-18-19-20-21-22-23-24-25-26-27-28-29-30-31-32-33-34-36-38-40-42-48(52)49-46(45-56-57(53,54)55-44-43-50(3,4)5)47(51)41-39-37-35-15-13-11-9-7-2/h17-18,20-21,23-24,46-47,51H,6-16,19,22,25-45H2,1-5H3,(H-,49,52,53,54)/p+1/b18-17-,21-20-,24-23-. The largest absolute Gasteiger partial charge is 0.472 e. The number of allylic oxidation sites excluding steroid dienone is 6. The van der Waals surface area contributed by atoms with Crippen LogP contribution in [0.3, 0.4) is 0 Å². The Kier molecular flexibility index (Phi) is 39.2. The van der Waals surface area contributed by atoms with Crippen LogP contribution in [0.2, 0.25) is 0 Å². The van der Waals surface area contributed by atoms with Crippen LogP contribution < -0.4 is 5.32 Å². The summed E-state index contributed by atoms with van der Waals surface area (Å²) < 4.78 is 23.5. The summed E-state index contributed by atoms with van der Waals surface area (Å²) in [5.74, 6) is -0.150. The predicted molar refractivity (Wildman–Crippen MR) is 244 cm³/mol. The number of unbranched alkanes of at least 4 members (excludes halogenated alkanes) is 24. The fourth-order valence-corrected chi connectivity index (χ4v) is 7.55. The second-order valence-corrected chi connectivity index (χ2v) is 18.9. The van der Waals surface area contributed by atoms with E-state index in [1.807, 2.05) is 21.1 Å². The molecule has 3 atom stereocenters. The van der Waals surface area contributed by atoms with Gasteiger partial charge in [-0.15, -0.1) is 0 Å². The average Bonchev–Trinajstić information content (AvgIpc) is 3.16. The molecule has 0 aliphatic rings. The van der Waals surface area contributed by atoms with Crippen LogP contribution >= 0.6 is 7.82 Å². The van der Waals surface area contributed by atoms with Gasteiger partial charge in [0, 0.05) is 6.42 Å². The van der Waals surface area contributed by atoms with Crippen LogP contribution in [0, 0.1) is 0 Å². The van der Waals surface area contributed by atoms with E-state index in [4.69, 9.17) is 9.05 Å². The maximum atomic E-state index is 12.9. The smallest absolute Gasteiger partial charge is 0.391 e. The molecule has 0 aromatic rings. The van der Waals surface area contributed by atoms with Crippen molar-refractivity contribution in [3.8, 4) is 0 Å². The molecule has 0 radical (unpaired) electrons. The lowest BCUT2D eigenvalue weighted by molar-refractivity contribution is -0.870. The highest BCUT2D eigenvalue weighted by atomic mass is 31.2. The highest BCUT2D eigenvalue weighted by molar-refractivity contribution is 7.47. The van der Waals surface area contributed by atoms with Gasteiger partial charge >= 0.3 is 7.82 Å². The van der Waals surface area contributed by atoms with Crippen molar-refractivity contribution in [2.75, 3.05) is 40.9 Å². The number of quaternary nitrogens is 1. The molecule has 0 fully saturated rings. The van der Waals surface area contributed by atoms with Crippen LogP contribution in [0.4, 0.5) is 0 Å².